The van der Waals surface area contributed by atoms with Crippen molar-refractivity contribution in [1.82, 2.24) is 10.1 Å². The number of amides is 1. The van der Waals surface area contributed by atoms with Crippen molar-refractivity contribution in [3.8, 4) is 0 Å². The van der Waals surface area contributed by atoms with Gasteiger partial charge >= 0.3 is 0 Å². The number of carbonyl (C=O) groups excluding carboxylic acids is 1. The van der Waals surface area contributed by atoms with E-state index in [1.807, 2.05) is 6.92 Å². The van der Waals surface area contributed by atoms with Gasteiger partial charge in [0.15, 0.2) is 0 Å². The Bertz CT molecular complexity index is 382. The zero-order valence-corrected chi connectivity index (χ0v) is 9.51. The molecule has 1 atom stereocenters. The number of likely N-dealkylation sites (tertiary alicyclic amines) is 1. The number of nitrogens with zero attached hydrogens (tertiary/aromatic N) is 2. The van der Waals surface area contributed by atoms with Crippen LogP contribution in [0.5, 0.6) is 0 Å². The molecule has 5 heteroatoms. The summed E-state index contributed by atoms with van der Waals surface area (Å²) in [5, 5.41) is 13.0. The van der Waals surface area contributed by atoms with Gasteiger partial charge in [-0.2, -0.15) is 0 Å². The summed E-state index contributed by atoms with van der Waals surface area (Å²) in [6.07, 6.45) is 0.573. The maximum absolute atomic E-state index is 11.8. The molecule has 2 rings (SSSR count). The summed E-state index contributed by atoms with van der Waals surface area (Å²) in [7, 11) is 0. The molecule has 88 valence electrons. The van der Waals surface area contributed by atoms with Crippen molar-refractivity contribution in [3.63, 3.8) is 0 Å². The molecule has 0 bridgehead atoms. The molecule has 1 aromatic rings. The van der Waals surface area contributed by atoms with Crippen molar-refractivity contribution in [3.05, 3.63) is 17.5 Å². The maximum atomic E-state index is 11.8. The second-order valence-electron chi connectivity index (χ2n) is 4.29. The van der Waals surface area contributed by atoms with Crippen molar-refractivity contribution < 1.29 is 14.4 Å². The van der Waals surface area contributed by atoms with Gasteiger partial charge in [-0.3, -0.25) is 4.79 Å². The molecule has 1 N–H and O–H groups in total. The number of rotatable bonds is 3. The lowest BCUT2D eigenvalue weighted by Gasteiger charge is -2.34. The molecule has 0 aliphatic carbocycles. The average molecular weight is 224 g/mol. The molecule has 1 fully saturated rings. The van der Waals surface area contributed by atoms with E-state index in [0.717, 1.165) is 12.1 Å². The highest BCUT2D eigenvalue weighted by atomic mass is 16.5. The lowest BCUT2D eigenvalue weighted by atomic mass is 10.0. The Kier molecular flexibility index (Phi) is 2.96. The summed E-state index contributed by atoms with van der Waals surface area (Å²) in [5.74, 6) is 0.377. The fourth-order valence-electron chi connectivity index (χ4n) is 1.61. The standard InChI is InChI=1S/C11H16N2O3/c1-3-7(2)9-4-10(16-12-9)11(15)13-5-8(14)6-13/h4,7-8,14H,3,5-6H2,1-2H3. The SMILES string of the molecule is CCC(C)c1cc(C(=O)N2CC(O)C2)on1. The van der Waals surface area contributed by atoms with Gasteiger partial charge in [-0.15, -0.1) is 0 Å². The zero-order valence-electron chi connectivity index (χ0n) is 9.51. The Hall–Kier alpha value is -1.36. The third-order valence-corrected chi connectivity index (χ3v) is 3.01. The molecule has 16 heavy (non-hydrogen) atoms. The number of aliphatic hydroxyl groups excluding tert-OH is 1. The Balaban J connectivity index is 2.04. The van der Waals surface area contributed by atoms with E-state index in [1.165, 1.54) is 0 Å². The smallest absolute Gasteiger partial charge is 0.292 e. The van der Waals surface area contributed by atoms with Crippen LogP contribution in [0.3, 0.4) is 0 Å². The van der Waals surface area contributed by atoms with E-state index in [0.29, 0.717) is 19.0 Å². The summed E-state index contributed by atoms with van der Waals surface area (Å²) in [4.78, 5) is 13.3. The number of carbonyl (C=O) groups is 1. The van der Waals surface area contributed by atoms with Crippen molar-refractivity contribution in [2.75, 3.05) is 13.1 Å². The van der Waals surface area contributed by atoms with E-state index in [1.54, 1.807) is 11.0 Å². The minimum Gasteiger partial charge on any atom is -0.389 e. The summed E-state index contributed by atoms with van der Waals surface area (Å²) >= 11 is 0. The average Bonchev–Trinajstić information content (AvgIpc) is 2.72. The van der Waals surface area contributed by atoms with E-state index < -0.39 is 0 Å². The number of hydrogen-bond acceptors (Lipinski definition) is 4. The molecule has 2 heterocycles. The third-order valence-electron chi connectivity index (χ3n) is 3.01. The van der Waals surface area contributed by atoms with Crippen molar-refractivity contribution in [2.24, 2.45) is 0 Å². The normalized spacial score (nSPS) is 18.3. The van der Waals surface area contributed by atoms with Crippen LogP contribution in [0.1, 0.15) is 42.4 Å². The van der Waals surface area contributed by atoms with Crippen LogP contribution in [0.15, 0.2) is 10.6 Å². The molecule has 0 spiro atoms. The predicted molar refractivity (Wildman–Crippen MR) is 57.1 cm³/mol. The lowest BCUT2D eigenvalue weighted by molar-refractivity contribution is 0.00341. The first-order valence-corrected chi connectivity index (χ1v) is 5.55. The summed E-state index contributed by atoms with van der Waals surface area (Å²) < 4.78 is 5.02. The molecule has 1 aliphatic rings. The maximum Gasteiger partial charge on any atom is 0.292 e. The highest BCUT2D eigenvalue weighted by Crippen LogP contribution is 2.20. The molecule has 1 aliphatic heterocycles. The molecule has 1 aromatic heterocycles. The van der Waals surface area contributed by atoms with Crippen LogP contribution >= 0.6 is 0 Å². The third kappa shape index (κ3) is 1.95. The van der Waals surface area contributed by atoms with Gasteiger partial charge in [-0.05, 0) is 6.42 Å². The Morgan fingerprint density at radius 2 is 2.44 bits per heavy atom. The first-order valence-electron chi connectivity index (χ1n) is 5.55. The van der Waals surface area contributed by atoms with Crippen LogP contribution in [0.25, 0.3) is 0 Å². The number of aromatic nitrogens is 1. The summed E-state index contributed by atoms with van der Waals surface area (Å²) in [5.41, 5.74) is 0.812. The van der Waals surface area contributed by atoms with Crippen molar-refractivity contribution >= 4 is 5.91 Å². The minimum atomic E-state index is -0.388. The predicted octanol–water partition coefficient (Wildman–Crippen LogP) is 1.00. The van der Waals surface area contributed by atoms with Gasteiger partial charge in [-0.1, -0.05) is 19.0 Å². The fraction of sp³-hybridized carbons (Fsp3) is 0.636. The molecule has 1 unspecified atom stereocenters. The van der Waals surface area contributed by atoms with E-state index in [9.17, 15) is 4.79 Å². The monoisotopic (exact) mass is 224 g/mol. The summed E-state index contributed by atoms with van der Waals surface area (Å²) in [6.45, 7) is 4.88. The van der Waals surface area contributed by atoms with Crippen LogP contribution in [0.2, 0.25) is 0 Å². The molecule has 0 aromatic carbocycles. The van der Waals surface area contributed by atoms with Gasteiger partial charge in [0.1, 0.15) is 0 Å². The topological polar surface area (TPSA) is 66.6 Å². The molecular formula is C11H16N2O3. The lowest BCUT2D eigenvalue weighted by Crippen LogP contribution is -2.53. The molecule has 0 saturated carbocycles. The largest absolute Gasteiger partial charge is 0.389 e. The highest BCUT2D eigenvalue weighted by molar-refractivity contribution is 5.92. The second-order valence-corrected chi connectivity index (χ2v) is 4.29. The molecule has 0 radical (unpaired) electrons. The fourth-order valence-corrected chi connectivity index (χ4v) is 1.61. The van der Waals surface area contributed by atoms with Crippen LogP contribution < -0.4 is 0 Å². The van der Waals surface area contributed by atoms with Gasteiger partial charge in [0.25, 0.3) is 5.91 Å². The quantitative estimate of drug-likeness (QED) is 0.832. The number of aliphatic hydroxyl groups is 1. The number of hydrogen-bond donors (Lipinski definition) is 1. The second kappa shape index (κ2) is 4.25. The van der Waals surface area contributed by atoms with Gasteiger partial charge < -0.3 is 14.5 Å². The van der Waals surface area contributed by atoms with Gasteiger partial charge in [0.05, 0.1) is 11.8 Å². The van der Waals surface area contributed by atoms with Crippen LogP contribution in [0, 0.1) is 0 Å². The first kappa shape index (κ1) is 11.1. The van der Waals surface area contributed by atoms with E-state index in [-0.39, 0.29) is 17.8 Å². The number of β-amino-alcohol motifs (C(OH)–C–C–N with tert-alkyl or cyclic N) is 1. The van der Waals surface area contributed by atoms with E-state index in [4.69, 9.17) is 9.63 Å². The molecule has 1 amide bonds. The van der Waals surface area contributed by atoms with Crippen LogP contribution in [-0.2, 0) is 0 Å². The Morgan fingerprint density at radius 1 is 1.75 bits per heavy atom. The van der Waals surface area contributed by atoms with Gasteiger partial charge in [-0.25, -0.2) is 0 Å². The molecule has 1 saturated heterocycles. The van der Waals surface area contributed by atoms with Crippen LogP contribution in [0.4, 0.5) is 0 Å². The van der Waals surface area contributed by atoms with Crippen LogP contribution in [-0.4, -0.2) is 40.3 Å². The zero-order chi connectivity index (χ0) is 11.7. The summed E-state index contributed by atoms with van der Waals surface area (Å²) in [6, 6.07) is 1.70. The van der Waals surface area contributed by atoms with E-state index in [2.05, 4.69) is 12.1 Å². The Labute approximate surface area is 94.0 Å². The highest BCUT2D eigenvalue weighted by Gasteiger charge is 2.31. The molecular weight excluding hydrogens is 208 g/mol. The van der Waals surface area contributed by atoms with Crippen molar-refractivity contribution in [2.45, 2.75) is 32.3 Å². The minimum absolute atomic E-state index is 0.188. The Morgan fingerprint density at radius 3 is 3.00 bits per heavy atom. The van der Waals surface area contributed by atoms with Crippen molar-refractivity contribution in [1.29, 1.82) is 0 Å². The van der Waals surface area contributed by atoms with Gasteiger partial charge in [0, 0.05) is 25.1 Å². The first-order chi connectivity index (χ1) is 7.61. The van der Waals surface area contributed by atoms with E-state index >= 15 is 0 Å². The molecule has 5 nitrogen and oxygen atoms in total. The van der Waals surface area contributed by atoms with Gasteiger partial charge in [0.2, 0.25) is 5.76 Å².